The molecule has 3 heterocycles. The standard InChI is InChI=1S/C21H17N5O4/c1-28-16-4-2-3-13(9-16)20-24-19-8-6-15(11-26(19)25-20)23-21(27)22-14-5-7-17-18(10-14)30-12-29-17/h2-11H,12H2,1H3,(H2,22,23,27). The van der Waals surface area contributed by atoms with Crippen molar-refractivity contribution in [3.05, 3.63) is 60.8 Å². The number of rotatable bonds is 4. The molecule has 9 nitrogen and oxygen atoms in total. The minimum absolute atomic E-state index is 0.181. The van der Waals surface area contributed by atoms with Gasteiger partial charge in [0.15, 0.2) is 23.0 Å². The number of benzene rings is 2. The third kappa shape index (κ3) is 3.44. The van der Waals surface area contributed by atoms with Gasteiger partial charge in [0.25, 0.3) is 0 Å². The molecule has 30 heavy (non-hydrogen) atoms. The van der Waals surface area contributed by atoms with Crippen LogP contribution in [0.2, 0.25) is 0 Å². The number of nitrogens with one attached hydrogen (secondary N) is 2. The number of ether oxygens (including phenoxy) is 3. The van der Waals surface area contributed by atoms with E-state index in [0.717, 1.165) is 11.3 Å². The number of urea groups is 1. The van der Waals surface area contributed by atoms with Crippen LogP contribution in [0.25, 0.3) is 17.0 Å². The normalized spacial score (nSPS) is 12.0. The lowest BCUT2D eigenvalue weighted by atomic mass is 10.2. The Bertz CT molecular complexity index is 1250. The van der Waals surface area contributed by atoms with Gasteiger partial charge in [-0.15, -0.1) is 5.10 Å². The molecule has 0 bridgehead atoms. The summed E-state index contributed by atoms with van der Waals surface area (Å²) in [5.74, 6) is 2.55. The summed E-state index contributed by atoms with van der Waals surface area (Å²) in [5, 5.41) is 10.1. The molecule has 0 fully saturated rings. The third-order valence-corrected chi connectivity index (χ3v) is 4.55. The average Bonchev–Trinajstić information content (AvgIpc) is 3.39. The van der Waals surface area contributed by atoms with E-state index in [2.05, 4.69) is 20.7 Å². The molecule has 0 saturated heterocycles. The largest absolute Gasteiger partial charge is 0.497 e. The summed E-state index contributed by atoms with van der Waals surface area (Å²) in [5.41, 5.74) is 2.67. The van der Waals surface area contributed by atoms with Crippen LogP contribution in [-0.4, -0.2) is 34.5 Å². The highest BCUT2D eigenvalue weighted by molar-refractivity contribution is 5.99. The van der Waals surface area contributed by atoms with Crippen LogP contribution >= 0.6 is 0 Å². The van der Waals surface area contributed by atoms with E-state index < -0.39 is 0 Å². The van der Waals surface area contributed by atoms with Crippen LogP contribution in [-0.2, 0) is 0 Å². The number of hydrogen-bond donors (Lipinski definition) is 2. The van der Waals surface area contributed by atoms with Gasteiger partial charge in [0, 0.05) is 17.3 Å². The Labute approximate surface area is 171 Å². The van der Waals surface area contributed by atoms with Crippen molar-refractivity contribution >= 4 is 23.1 Å². The molecule has 2 aromatic heterocycles. The zero-order valence-corrected chi connectivity index (χ0v) is 16.0. The first-order valence-corrected chi connectivity index (χ1v) is 9.16. The Morgan fingerprint density at radius 3 is 2.77 bits per heavy atom. The molecule has 1 aliphatic heterocycles. The number of anilines is 2. The quantitative estimate of drug-likeness (QED) is 0.538. The second-order valence-corrected chi connectivity index (χ2v) is 6.54. The maximum absolute atomic E-state index is 12.4. The van der Waals surface area contributed by atoms with Crippen LogP contribution in [0.1, 0.15) is 0 Å². The van der Waals surface area contributed by atoms with Crippen molar-refractivity contribution in [3.8, 4) is 28.6 Å². The Kier molecular flexibility index (Phi) is 4.32. The highest BCUT2D eigenvalue weighted by Crippen LogP contribution is 2.34. The first-order chi connectivity index (χ1) is 14.7. The van der Waals surface area contributed by atoms with Crippen molar-refractivity contribution in [2.24, 2.45) is 0 Å². The van der Waals surface area contributed by atoms with Gasteiger partial charge in [0.05, 0.1) is 19.0 Å². The summed E-state index contributed by atoms with van der Waals surface area (Å²) < 4.78 is 17.5. The molecule has 5 rings (SSSR count). The van der Waals surface area contributed by atoms with Crippen LogP contribution < -0.4 is 24.8 Å². The minimum Gasteiger partial charge on any atom is -0.497 e. The van der Waals surface area contributed by atoms with Crippen LogP contribution in [0.15, 0.2) is 60.8 Å². The van der Waals surface area contributed by atoms with Crippen molar-refractivity contribution in [2.75, 3.05) is 24.5 Å². The summed E-state index contributed by atoms with van der Waals surface area (Å²) >= 11 is 0. The molecule has 2 amide bonds. The smallest absolute Gasteiger partial charge is 0.323 e. The topological polar surface area (TPSA) is 99.0 Å². The molecule has 4 aromatic rings. The van der Waals surface area contributed by atoms with Gasteiger partial charge >= 0.3 is 6.03 Å². The van der Waals surface area contributed by atoms with E-state index in [4.69, 9.17) is 14.2 Å². The van der Waals surface area contributed by atoms with Crippen molar-refractivity contribution in [2.45, 2.75) is 0 Å². The van der Waals surface area contributed by atoms with Crippen LogP contribution in [0.3, 0.4) is 0 Å². The molecule has 2 aromatic carbocycles. The molecule has 1 aliphatic rings. The number of amides is 2. The Morgan fingerprint density at radius 1 is 1.03 bits per heavy atom. The number of carbonyl (C=O) groups excluding carboxylic acids is 1. The van der Waals surface area contributed by atoms with Gasteiger partial charge in [-0.2, -0.15) is 0 Å². The van der Waals surface area contributed by atoms with E-state index in [0.29, 0.717) is 34.3 Å². The number of nitrogens with zero attached hydrogens (tertiary/aromatic N) is 3. The van der Waals surface area contributed by atoms with Crippen molar-refractivity contribution in [1.82, 2.24) is 14.6 Å². The number of fused-ring (bicyclic) bond motifs is 2. The molecule has 0 aliphatic carbocycles. The van der Waals surface area contributed by atoms with Gasteiger partial charge in [-0.1, -0.05) is 12.1 Å². The van der Waals surface area contributed by atoms with Gasteiger partial charge in [-0.3, -0.25) is 0 Å². The lowest BCUT2D eigenvalue weighted by molar-refractivity contribution is 0.174. The molecule has 0 saturated carbocycles. The number of methoxy groups -OCH3 is 1. The van der Waals surface area contributed by atoms with Gasteiger partial charge < -0.3 is 24.8 Å². The summed E-state index contributed by atoms with van der Waals surface area (Å²) in [6, 6.07) is 15.9. The summed E-state index contributed by atoms with van der Waals surface area (Å²) in [6.45, 7) is 0.181. The summed E-state index contributed by atoms with van der Waals surface area (Å²) in [6.07, 6.45) is 1.70. The highest BCUT2D eigenvalue weighted by atomic mass is 16.7. The van der Waals surface area contributed by atoms with Crippen molar-refractivity contribution < 1.29 is 19.0 Å². The van der Waals surface area contributed by atoms with E-state index in [9.17, 15) is 4.79 Å². The molecule has 0 unspecified atom stereocenters. The highest BCUT2D eigenvalue weighted by Gasteiger charge is 2.14. The summed E-state index contributed by atoms with van der Waals surface area (Å²) in [4.78, 5) is 16.9. The first-order valence-electron chi connectivity index (χ1n) is 9.16. The Morgan fingerprint density at radius 2 is 1.87 bits per heavy atom. The van der Waals surface area contributed by atoms with Gasteiger partial charge in [-0.05, 0) is 36.4 Å². The Balaban J connectivity index is 1.33. The number of carbonyl (C=O) groups is 1. The maximum atomic E-state index is 12.4. The number of pyridine rings is 1. The monoisotopic (exact) mass is 403 g/mol. The van der Waals surface area contributed by atoms with E-state index >= 15 is 0 Å². The van der Waals surface area contributed by atoms with E-state index in [-0.39, 0.29) is 12.8 Å². The number of hydrogen-bond acceptors (Lipinski definition) is 6. The fourth-order valence-electron chi connectivity index (χ4n) is 3.11. The second-order valence-electron chi connectivity index (χ2n) is 6.54. The van der Waals surface area contributed by atoms with Crippen LogP contribution in [0.5, 0.6) is 17.2 Å². The molecular formula is C21H17N5O4. The van der Waals surface area contributed by atoms with E-state index in [1.807, 2.05) is 24.3 Å². The minimum atomic E-state index is -0.388. The Hall–Kier alpha value is -4.27. The number of aromatic nitrogens is 3. The second kappa shape index (κ2) is 7.28. The fraction of sp³-hybridized carbons (Fsp3) is 0.0952. The average molecular weight is 403 g/mol. The third-order valence-electron chi connectivity index (χ3n) is 4.55. The van der Waals surface area contributed by atoms with Crippen molar-refractivity contribution in [1.29, 1.82) is 0 Å². The zero-order valence-electron chi connectivity index (χ0n) is 16.0. The van der Waals surface area contributed by atoms with Crippen LogP contribution in [0, 0.1) is 0 Å². The SMILES string of the molecule is COc1cccc(-c2nc3ccc(NC(=O)Nc4ccc5c(c4)OCO5)cn3n2)c1. The van der Waals surface area contributed by atoms with Crippen molar-refractivity contribution in [3.63, 3.8) is 0 Å². The summed E-state index contributed by atoms with van der Waals surface area (Å²) in [7, 11) is 1.61. The van der Waals surface area contributed by atoms with Gasteiger partial charge in [0.1, 0.15) is 5.75 Å². The van der Waals surface area contributed by atoms with E-state index in [1.165, 1.54) is 0 Å². The van der Waals surface area contributed by atoms with E-state index in [1.54, 1.807) is 48.2 Å². The van der Waals surface area contributed by atoms with Crippen LogP contribution in [0.4, 0.5) is 16.2 Å². The molecule has 0 atom stereocenters. The predicted molar refractivity (Wildman–Crippen MR) is 110 cm³/mol. The predicted octanol–water partition coefficient (Wildman–Crippen LogP) is 3.78. The maximum Gasteiger partial charge on any atom is 0.323 e. The lowest BCUT2D eigenvalue weighted by Gasteiger charge is -2.08. The fourth-order valence-corrected chi connectivity index (χ4v) is 3.11. The molecule has 150 valence electrons. The zero-order chi connectivity index (χ0) is 20.5. The molecule has 0 spiro atoms. The molecule has 0 radical (unpaired) electrons. The molecule has 2 N–H and O–H groups in total. The molecule has 9 heteroatoms. The first kappa shape index (κ1) is 17.8. The van der Waals surface area contributed by atoms with Gasteiger partial charge in [-0.25, -0.2) is 14.3 Å². The van der Waals surface area contributed by atoms with Gasteiger partial charge in [0.2, 0.25) is 6.79 Å². The lowest BCUT2D eigenvalue weighted by Crippen LogP contribution is -2.19. The molecular weight excluding hydrogens is 386 g/mol.